The number of carbonyl (C=O) groups excluding carboxylic acids is 2. The Hall–Kier alpha value is -4.68. The molecule has 12 nitrogen and oxygen atoms in total. The number of hydrogen-bond donors (Lipinski definition) is 3. The third kappa shape index (κ3) is 5.79. The molecule has 1 aliphatic heterocycles. The Morgan fingerprint density at radius 1 is 1.27 bits per heavy atom. The van der Waals surface area contributed by atoms with E-state index in [1.54, 1.807) is 17.0 Å². The van der Waals surface area contributed by atoms with Crippen molar-refractivity contribution in [1.82, 2.24) is 34.4 Å². The number of aromatic nitrogens is 5. The molecule has 41 heavy (non-hydrogen) atoms. The van der Waals surface area contributed by atoms with Crippen molar-refractivity contribution >= 4 is 40.6 Å². The second-order valence-corrected chi connectivity index (χ2v) is 9.66. The van der Waals surface area contributed by atoms with Gasteiger partial charge in [0.25, 0.3) is 5.91 Å². The molecule has 16 heteroatoms. The summed E-state index contributed by atoms with van der Waals surface area (Å²) >= 11 is 6.35. The number of benzene rings is 1. The molecular weight excluding hydrogens is 565 g/mol. The monoisotopic (exact) mass is 586 g/mol. The molecule has 4 aromatic rings. The molecule has 4 N–H and O–H groups in total. The second-order valence-electron chi connectivity index (χ2n) is 9.25. The quantitative estimate of drug-likeness (QED) is 0.298. The Morgan fingerprint density at radius 2 is 2.07 bits per heavy atom. The molecule has 5 rings (SSSR count). The van der Waals surface area contributed by atoms with Crippen LogP contribution < -0.4 is 16.4 Å². The van der Waals surface area contributed by atoms with E-state index in [9.17, 15) is 22.8 Å². The van der Waals surface area contributed by atoms with Crippen LogP contribution in [0, 0.1) is 11.3 Å². The average molecular weight is 587 g/mol. The molecule has 0 aliphatic carbocycles. The van der Waals surface area contributed by atoms with Gasteiger partial charge in [-0.1, -0.05) is 11.6 Å². The maximum absolute atomic E-state index is 13.7. The maximum atomic E-state index is 13.7. The Bertz CT molecular complexity index is 1680. The van der Waals surface area contributed by atoms with Gasteiger partial charge in [-0.25, -0.2) is 9.97 Å². The Labute approximate surface area is 235 Å². The summed E-state index contributed by atoms with van der Waals surface area (Å²) in [6.45, 7) is 0.445. The van der Waals surface area contributed by atoms with E-state index >= 15 is 0 Å². The van der Waals surface area contributed by atoms with Gasteiger partial charge in [0, 0.05) is 43.4 Å². The van der Waals surface area contributed by atoms with Crippen molar-refractivity contribution in [3.63, 3.8) is 0 Å². The van der Waals surface area contributed by atoms with E-state index in [0.717, 1.165) is 10.9 Å². The van der Waals surface area contributed by atoms with E-state index < -0.39 is 17.8 Å². The van der Waals surface area contributed by atoms with Gasteiger partial charge < -0.3 is 21.3 Å². The molecule has 4 heterocycles. The van der Waals surface area contributed by atoms with E-state index in [1.165, 1.54) is 35.1 Å². The fourth-order valence-electron chi connectivity index (χ4n) is 4.47. The summed E-state index contributed by atoms with van der Waals surface area (Å²) in [4.78, 5) is 35.0. The molecule has 1 fully saturated rings. The first-order valence-corrected chi connectivity index (χ1v) is 12.6. The van der Waals surface area contributed by atoms with E-state index in [-0.39, 0.29) is 58.3 Å². The number of fused-ring (bicyclic) bond motifs is 1. The van der Waals surface area contributed by atoms with Crippen LogP contribution >= 0.6 is 11.6 Å². The molecule has 0 radical (unpaired) electrons. The molecule has 0 spiro atoms. The van der Waals surface area contributed by atoms with Gasteiger partial charge in [-0.05, 0) is 24.6 Å². The molecule has 1 atom stereocenters. The molecular formula is C25H22ClF3N10O2. The first-order chi connectivity index (χ1) is 19.5. The lowest BCUT2D eigenvalue weighted by Crippen LogP contribution is -2.40. The highest BCUT2D eigenvalue weighted by molar-refractivity contribution is 6.34. The maximum Gasteiger partial charge on any atom is 0.435 e. The number of rotatable bonds is 7. The summed E-state index contributed by atoms with van der Waals surface area (Å²) in [6, 6.07) is 6.20. The average Bonchev–Trinajstić information content (AvgIpc) is 3.66. The summed E-state index contributed by atoms with van der Waals surface area (Å²) in [5, 5.41) is 18.1. The van der Waals surface area contributed by atoms with E-state index in [1.807, 2.05) is 0 Å². The lowest BCUT2D eigenvalue weighted by atomic mass is 10.2. The van der Waals surface area contributed by atoms with E-state index in [4.69, 9.17) is 22.6 Å². The lowest BCUT2D eigenvalue weighted by Gasteiger charge is -2.16. The van der Waals surface area contributed by atoms with Crippen LogP contribution in [0.25, 0.3) is 16.9 Å². The molecule has 0 unspecified atom stereocenters. The number of amides is 2. The van der Waals surface area contributed by atoms with Gasteiger partial charge in [0.05, 0.1) is 40.7 Å². The number of nitriles is 1. The molecule has 0 bridgehead atoms. The van der Waals surface area contributed by atoms with Crippen LogP contribution in [-0.2, 0) is 17.5 Å². The number of nitrogens with one attached hydrogen (secondary N) is 2. The smallest absolute Gasteiger partial charge is 0.343 e. The zero-order valence-electron chi connectivity index (χ0n) is 21.2. The third-order valence-corrected chi connectivity index (χ3v) is 6.73. The van der Waals surface area contributed by atoms with Gasteiger partial charge in [-0.2, -0.15) is 23.5 Å². The minimum atomic E-state index is -4.76. The van der Waals surface area contributed by atoms with Crippen molar-refractivity contribution in [2.45, 2.75) is 25.2 Å². The van der Waals surface area contributed by atoms with Crippen molar-refractivity contribution in [1.29, 1.82) is 5.26 Å². The van der Waals surface area contributed by atoms with Crippen molar-refractivity contribution in [3.05, 3.63) is 59.3 Å². The fraction of sp³-hybridized carbons (Fsp3) is 0.280. The topological polar surface area (TPSA) is 159 Å². The SMILES string of the molecule is N#CCn1cc(-c2cnc3c(Nc4ccc(C(=O)NCC(=O)N5CC[C@H](N)C5)c(Cl)c4)nccn23)c(C(F)(F)F)n1. The summed E-state index contributed by atoms with van der Waals surface area (Å²) in [7, 11) is 0. The number of nitrogens with zero attached hydrogens (tertiary/aromatic N) is 7. The van der Waals surface area contributed by atoms with Crippen molar-refractivity contribution < 1.29 is 22.8 Å². The number of alkyl halides is 3. The number of hydrogen-bond acceptors (Lipinski definition) is 8. The molecule has 1 aliphatic rings. The zero-order chi connectivity index (χ0) is 29.3. The third-order valence-electron chi connectivity index (χ3n) is 6.42. The second kappa shape index (κ2) is 11.1. The molecule has 1 aromatic carbocycles. The summed E-state index contributed by atoms with van der Waals surface area (Å²) < 4.78 is 43.4. The van der Waals surface area contributed by atoms with Gasteiger partial charge in [0.2, 0.25) is 5.91 Å². The van der Waals surface area contributed by atoms with E-state index in [2.05, 4.69) is 25.7 Å². The highest BCUT2D eigenvalue weighted by Gasteiger charge is 2.38. The van der Waals surface area contributed by atoms with Crippen molar-refractivity contribution in [2.75, 3.05) is 25.0 Å². The Kier molecular flexibility index (Phi) is 7.52. The number of halogens is 4. The van der Waals surface area contributed by atoms with Crippen LogP contribution in [0.3, 0.4) is 0 Å². The van der Waals surface area contributed by atoms with Crippen LogP contribution in [0.15, 0.2) is 43.0 Å². The zero-order valence-corrected chi connectivity index (χ0v) is 21.9. The predicted octanol–water partition coefficient (Wildman–Crippen LogP) is 2.82. The summed E-state index contributed by atoms with van der Waals surface area (Å²) in [5.74, 6) is -0.563. The first-order valence-electron chi connectivity index (χ1n) is 12.3. The van der Waals surface area contributed by atoms with Gasteiger partial charge >= 0.3 is 6.18 Å². The normalized spacial score (nSPS) is 15.2. The van der Waals surface area contributed by atoms with Crippen LogP contribution in [0.1, 0.15) is 22.5 Å². The highest BCUT2D eigenvalue weighted by Crippen LogP contribution is 2.37. The highest BCUT2D eigenvalue weighted by atomic mass is 35.5. The van der Waals surface area contributed by atoms with Gasteiger partial charge in [0.15, 0.2) is 17.2 Å². The lowest BCUT2D eigenvalue weighted by molar-refractivity contribution is -0.141. The number of imidazole rings is 1. The van der Waals surface area contributed by atoms with Crippen molar-refractivity contribution in [2.24, 2.45) is 5.73 Å². The molecule has 1 saturated heterocycles. The molecule has 2 amide bonds. The first kappa shape index (κ1) is 27.9. The summed E-state index contributed by atoms with van der Waals surface area (Å²) in [5.41, 5.74) is 5.30. The minimum absolute atomic E-state index is 0.0659. The molecule has 212 valence electrons. The summed E-state index contributed by atoms with van der Waals surface area (Å²) in [6.07, 6.45) is 1.17. The largest absolute Gasteiger partial charge is 0.435 e. The standard InChI is InChI=1S/C25H22ClF3N10O2/c26-18-9-15(1-2-16(18)24(41)34-11-20(40)37-6-3-14(31)12-37)35-22-23-33-10-19(39(23)8-5-32-22)17-13-38(7-4-30)36-21(17)25(27,28)29/h1-2,5,8-10,13-14H,3,6-7,11-12,31H2,(H,32,35)(H,34,41)/t14-/m0/s1. The van der Waals surface area contributed by atoms with Crippen LogP contribution in [0.2, 0.25) is 5.02 Å². The van der Waals surface area contributed by atoms with Gasteiger partial charge in [0.1, 0.15) is 6.54 Å². The fourth-order valence-corrected chi connectivity index (χ4v) is 4.74. The number of likely N-dealkylation sites (tertiary alicyclic amines) is 1. The molecule has 3 aromatic heterocycles. The molecule has 0 saturated carbocycles. The van der Waals surface area contributed by atoms with Gasteiger partial charge in [-0.15, -0.1) is 0 Å². The number of anilines is 2. The minimum Gasteiger partial charge on any atom is -0.343 e. The Balaban J connectivity index is 1.34. The van der Waals surface area contributed by atoms with Gasteiger partial charge in [-0.3, -0.25) is 18.7 Å². The van der Waals surface area contributed by atoms with Crippen LogP contribution in [0.4, 0.5) is 24.7 Å². The Morgan fingerprint density at radius 3 is 2.76 bits per heavy atom. The van der Waals surface area contributed by atoms with E-state index in [0.29, 0.717) is 25.2 Å². The van der Waals surface area contributed by atoms with Crippen LogP contribution in [-0.4, -0.2) is 66.5 Å². The predicted molar refractivity (Wildman–Crippen MR) is 141 cm³/mol. The number of carbonyl (C=O) groups is 2. The van der Waals surface area contributed by atoms with Crippen LogP contribution in [0.5, 0.6) is 0 Å². The number of nitrogens with two attached hydrogens (primary N) is 1. The van der Waals surface area contributed by atoms with Crippen molar-refractivity contribution in [3.8, 4) is 17.3 Å².